The van der Waals surface area contributed by atoms with Crippen LogP contribution < -0.4 is 5.32 Å². The normalized spacial score (nSPS) is 14.5. The Balaban J connectivity index is 1.89. The van der Waals surface area contributed by atoms with Gasteiger partial charge >= 0.3 is 0 Å². The van der Waals surface area contributed by atoms with Crippen LogP contribution in [0, 0.1) is 0 Å². The molecule has 0 aliphatic carbocycles. The fourth-order valence-electron chi connectivity index (χ4n) is 2.53. The highest BCUT2D eigenvalue weighted by atomic mass is 32.2. The SMILES string of the molecule is CCN(CCCc1ccc2c(c1)CCN2)S(C)(=O)=O. The third-order valence-corrected chi connectivity index (χ3v) is 4.95. The quantitative estimate of drug-likeness (QED) is 0.866. The molecule has 1 aliphatic rings. The van der Waals surface area contributed by atoms with Gasteiger partial charge in [0.2, 0.25) is 10.0 Å². The van der Waals surface area contributed by atoms with E-state index in [2.05, 4.69) is 23.5 Å². The number of anilines is 1. The summed E-state index contributed by atoms with van der Waals surface area (Å²) in [6, 6.07) is 6.51. The Kier molecular flexibility index (Phi) is 4.47. The van der Waals surface area contributed by atoms with Crippen molar-refractivity contribution in [1.29, 1.82) is 0 Å². The predicted octanol–water partition coefficient (Wildman–Crippen LogP) is 1.87. The van der Waals surface area contributed by atoms with E-state index in [0.717, 1.165) is 25.8 Å². The summed E-state index contributed by atoms with van der Waals surface area (Å²) in [5, 5.41) is 3.34. The maximum atomic E-state index is 11.5. The molecule has 1 aliphatic heterocycles. The van der Waals surface area contributed by atoms with E-state index in [-0.39, 0.29) is 0 Å². The molecule has 0 saturated carbocycles. The lowest BCUT2D eigenvalue weighted by molar-refractivity contribution is 0.424. The smallest absolute Gasteiger partial charge is 0.211 e. The van der Waals surface area contributed by atoms with Crippen molar-refractivity contribution in [2.24, 2.45) is 0 Å². The molecule has 0 saturated heterocycles. The van der Waals surface area contributed by atoms with E-state index < -0.39 is 10.0 Å². The van der Waals surface area contributed by atoms with Crippen molar-refractivity contribution in [3.8, 4) is 0 Å². The van der Waals surface area contributed by atoms with E-state index in [9.17, 15) is 8.42 Å². The molecule has 0 fully saturated rings. The lowest BCUT2D eigenvalue weighted by Gasteiger charge is -2.17. The largest absolute Gasteiger partial charge is 0.384 e. The molecule has 0 spiro atoms. The lowest BCUT2D eigenvalue weighted by Crippen LogP contribution is -2.30. The van der Waals surface area contributed by atoms with Crippen molar-refractivity contribution in [1.82, 2.24) is 4.31 Å². The van der Waals surface area contributed by atoms with E-state index >= 15 is 0 Å². The summed E-state index contributed by atoms with van der Waals surface area (Å²) < 4.78 is 24.5. The van der Waals surface area contributed by atoms with Gasteiger partial charge in [-0.05, 0) is 36.5 Å². The van der Waals surface area contributed by atoms with Crippen LogP contribution in [0.25, 0.3) is 0 Å². The van der Waals surface area contributed by atoms with Gasteiger partial charge in [-0.1, -0.05) is 19.1 Å². The summed E-state index contributed by atoms with van der Waals surface area (Å²) in [7, 11) is -3.06. The zero-order chi connectivity index (χ0) is 13.9. The van der Waals surface area contributed by atoms with Gasteiger partial charge in [0.1, 0.15) is 0 Å². The van der Waals surface area contributed by atoms with E-state index in [0.29, 0.717) is 13.1 Å². The molecular weight excluding hydrogens is 260 g/mol. The Hall–Kier alpha value is -1.07. The second-order valence-electron chi connectivity index (χ2n) is 5.03. The number of aryl methyl sites for hydroxylation is 1. The second-order valence-corrected chi connectivity index (χ2v) is 7.01. The summed E-state index contributed by atoms with van der Waals surface area (Å²) in [5.74, 6) is 0. The van der Waals surface area contributed by atoms with Crippen LogP contribution in [0.15, 0.2) is 18.2 Å². The van der Waals surface area contributed by atoms with Gasteiger partial charge in [-0.2, -0.15) is 0 Å². The minimum absolute atomic E-state index is 0.549. The monoisotopic (exact) mass is 282 g/mol. The molecule has 1 N–H and O–H groups in total. The molecule has 4 nitrogen and oxygen atoms in total. The van der Waals surface area contributed by atoms with Gasteiger partial charge in [0.25, 0.3) is 0 Å². The molecule has 1 heterocycles. The van der Waals surface area contributed by atoms with Crippen LogP contribution >= 0.6 is 0 Å². The van der Waals surface area contributed by atoms with Crippen LogP contribution in [0.3, 0.4) is 0 Å². The Morgan fingerprint density at radius 2 is 2.16 bits per heavy atom. The van der Waals surface area contributed by atoms with Crippen molar-refractivity contribution in [3.05, 3.63) is 29.3 Å². The molecule has 0 bridgehead atoms. The van der Waals surface area contributed by atoms with Crippen LogP contribution in [0.2, 0.25) is 0 Å². The van der Waals surface area contributed by atoms with Crippen LogP contribution in [0.5, 0.6) is 0 Å². The summed E-state index contributed by atoms with van der Waals surface area (Å²) in [6.45, 7) is 4.05. The number of nitrogens with zero attached hydrogens (tertiary/aromatic N) is 1. The minimum atomic E-state index is -3.06. The van der Waals surface area contributed by atoms with Crippen molar-refractivity contribution in [3.63, 3.8) is 0 Å². The van der Waals surface area contributed by atoms with Crippen LogP contribution in [0.1, 0.15) is 24.5 Å². The number of hydrogen-bond donors (Lipinski definition) is 1. The van der Waals surface area contributed by atoms with Gasteiger partial charge in [0.05, 0.1) is 6.26 Å². The highest BCUT2D eigenvalue weighted by Crippen LogP contribution is 2.23. The van der Waals surface area contributed by atoms with Gasteiger partial charge in [-0.25, -0.2) is 12.7 Å². The fraction of sp³-hybridized carbons (Fsp3) is 0.571. The summed E-state index contributed by atoms with van der Waals surface area (Å²) in [6.07, 6.45) is 4.16. The molecule has 106 valence electrons. The number of hydrogen-bond acceptors (Lipinski definition) is 3. The first-order valence-corrected chi connectivity index (χ1v) is 8.66. The molecule has 0 unspecified atom stereocenters. The van der Waals surface area contributed by atoms with Crippen molar-refractivity contribution < 1.29 is 8.42 Å². The van der Waals surface area contributed by atoms with E-state index in [4.69, 9.17) is 0 Å². The van der Waals surface area contributed by atoms with Gasteiger partial charge in [0.15, 0.2) is 0 Å². The first kappa shape index (κ1) is 14.3. The lowest BCUT2D eigenvalue weighted by atomic mass is 10.0. The third-order valence-electron chi connectivity index (χ3n) is 3.57. The zero-order valence-electron chi connectivity index (χ0n) is 11.6. The van der Waals surface area contributed by atoms with Crippen LogP contribution in [-0.4, -0.2) is 38.6 Å². The van der Waals surface area contributed by atoms with E-state index in [1.54, 1.807) is 0 Å². The fourth-order valence-corrected chi connectivity index (χ4v) is 3.46. The molecule has 1 aromatic rings. The summed E-state index contributed by atoms with van der Waals surface area (Å²) >= 11 is 0. The zero-order valence-corrected chi connectivity index (χ0v) is 12.5. The van der Waals surface area contributed by atoms with E-state index in [1.807, 2.05) is 6.92 Å². The van der Waals surface area contributed by atoms with Crippen molar-refractivity contribution >= 4 is 15.7 Å². The molecule has 2 rings (SSSR count). The second kappa shape index (κ2) is 5.92. The molecule has 5 heteroatoms. The Morgan fingerprint density at radius 1 is 1.37 bits per heavy atom. The Labute approximate surface area is 115 Å². The highest BCUT2D eigenvalue weighted by Gasteiger charge is 2.14. The minimum Gasteiger partial charge on any atom is -0.384 e. The maximum absolute atomic E-state index is 11.5. The molecule has 19 heavy (non-hydrogen) atoms. The summed E-state index contributed by atoms with van der Waals surface area (Å²) in [5.41, 5.74) is 3.93. The number of sulfonamides is 1. The van der Waals surface area contributed by atoms with Crippen molar-refractivity contribution in [2.75, 3.05) is 31.2 Å². The maximum Gasteiger partial charge on any atom is 0.211 e. The highest BCUT2D eigenvalue weighted by molar-refractivity contribution is 7.88. The topological polar surface area (TPSA) is 49.4 Å². The van der Waals surface area contributed by atoms with Gasteiger partial charge in [-0.15, -0.1) is 0 Å². The third kappa shape index (κ3) is 3.70. The first-order chi connectivity index (χ1) is 9.00. The molecule has 0 amide bonds. The molecule has 0 atom stereocenters. The molecule has 0 radical (unpaired) electrons. The average molecular weight is 282 g/mol. The van der Waals surface area contributed by atoms with E-state index in [1.165, 1.54) is 27.4 Å². The van der Waals surface area contributed by atoms with Crippen LogP contribution in [0.4, 0.5) is 5.69 Å². The van der Waals surface area contributed by atoms with Crippen LogP contribution in [-0.2, 0) is 22.9 Å². The average Bonchev–Trinajstić information content (AvgIpc) is 2.80. The van der Waals surface area contributed by atoms with Gasteiger partial charge in [-0.3, -0.25) is 0 Å². The Morgan fingerprint density at radius 3 is 2.84 bits per heavy atom. The molecule has 1 aromatic carbocycles. The standard InChI is InChI=1S/C14H22N2O2S/c1-3-16(19(2,17)18)10-4-5-12-6-7-14-13(11-12)8-9-15-14/h6-7,11,15H,3-5,8-10H2,1-2H3. The number of fused-ring (bicyclic) bond motifs is 1. The number of nitrogens with one attached hydrogen (secondary N) is 1. The first-order valence-electron chi connectivity index (χ1n) is 6.81. The Bertz CT molecular complexity index is 540. The van der Waals surface area contributed by atoms with Gasteiger partial charge in [0, 0.05) is 25.3 Å². The number of rotatable bonds is 6. The van der Waals surface area contributed by atoms with Gasteiger partial charge < -0.3 is 5.32 Å². The number of benzene rings is 1. The summed E-state index contributed by atoms with van der Waals surface area (Å²) in [4.78, 5) is 0. The predicted molar refractivity (Wildman–Crippen MR) is 79.0 cm³/mol. The van der Waals surface area contributed by atoms with Crippen molar-refractivity contribution in [2.45, 2.75) is 26.2 Å². The molecule has 0 aromatic heterocycles. The molecular formula is C14H22N2O2S.